The van der Waals surface area contributed by atoms with E-state index in [0.29, 0.717) is 15.2 Å². The number of rotatable bonds is 2. The Morgan fingerprint density at radius 1 is 1.39 bits per heavy atom. The number of halogens is 3. The van der Waals surface area contributed by atoms with E-state index >= 15 is 0 Å². The van der Waals surface area contributed by atoms with Gasteiger partial charge in [0.15, 0.2) is 0 Å². The van der Waals surface area contributed by atoms with Gasteiger partial charge in [-0.15, -0.1) is 0 Å². The Morgan fingerprint density at radius 2 is 2.06 bits per heavy atom. The highest BCUT2D eigenvalue weighted by Gasteiger charge is 2.38. The number of anilines is 1. The maximum atomic E-state index is 11.8. The predicted molar refractivity (Wildman–Crippen MR) is 74.7 cm³/mol. The molecule has 98 valence electrons. The van der Waals surface area contributed by atoms with E-state index in [2.05, 4.69) is 15.9 Å². The molecule has 4 nitrogen and oxygen atoms in total. The molecule has 0 saturated carbocycles. The third-order valence-electron chi connectivity index (χ3n) is 2.71. The van der Waals surface area contributed by atoms with E-state index in [-0.39, 0.29) is 18.9 Å². The van der Waals surface area contributed by atoms with Crippen molar-refractivity contribution in [2.24, 2.45) is 0 Å². The molecule has 1 saturated heterocycles. The fraction of sp³-hybridized carbons (Fsp3) is 0.300. The zero-order valence-corrected chi connectivity index (χ0v) is 12.9. The van der Waals surface area contributed by atoms with Gasteiger partial charge in [-0.2, -0.15) is 0 Å². The van der Waals surface area contributed by atoms with Gasteiger partial charge in [-0.1, -0.05) is 17.7 Å². The molecule has 0 N–H and O–H groups in total. The van der Waals surface area contributed by atoms with Gasteiger partial charge in [-0.25, -0.2) is 8.42 Å². The molecule has 1 fully saturated rings. The molecule has 1 unspecified atom stereocenters. The molecule has 0 aromatic heterocycles. The van der Waals surface area contributed by atoms with Crippen LogP contribution in [0.2, 0.25) is 5.02 Å². The lowest BCUT2D eigenvalue weighted by molar-refractivity contribution is -0.117. The highest BCUT2D eigenvalue weighted by atomic mass is 79.9. The predicted octanol–water partition coefficient (Wildman–Crippen LogP) is 2.78. The second kappa shape index (κ2) is 5.00. The molecule has 2 rings (SSSR count). The normalized spacial score (nSPS) is 20.5. The minimum atomic E-state index is -3.74. The highest BCUT2D eigenvalue weighted by Crippen LogP contribution is 2.36. The Hall–Kier alpha value is -0.300. The second-order valence-electron chi connectivity index (χ2n) is 3.88. The van der Waals surface area contributed by atoms with Gasteiger partial charge < -0.3 is 4.90 Å². The lowest BCUT2D eigenvalue weighted by atomic mass is 10.3. The van der Waals surface area contributed by atoms with Crippen LogP contribution in [0, 0.1) is 0 Å². The van der Waals surface area contributed by atoms with Crippen LogP contribution in [-0.2, 0) is 13.8 Å². The Kier molecular flexibility index (Phi) is 3.92. The summed E-state index contributed by atoms with van der Waals surface area (Å²) in [6, 6.07) is 5.12. The molecule has 0 aliphatic carbocycles. The summed E-state index contributed by atoms with van der Waals surface area (Å²) in [4.78, 5) is 13.2. The Labute approximate surface area is 122 Å². The number of nitrogens with zero attached hydrogens (tertiary/aromatic N) is 1. The molecule has 1 aromatic carbocycles. The summed E-state index contributed by atoms with van der Waals surface area (Å²) >= 11 is 9.33. The van der Waals surface area contributed by atoms with Gasteiger partial charge in [0.25, 0.3) is 0 Å². The quantitative estimate of drug-likeness (QED) is 0.750. The molecule has 0 radical (unpaired) electrons. The fourth-order valence-corrected chi connectivity index (χ4v) is 3.41. The van der Waals surface area contributed by atoms with Crippen molar-refractivity contribution in [3.63, 3.8) is 0 Å². The van der Waals surface area contributed by atoms with Gasteiger partial charge >= 0.3 is 0 Å². The van der Waals surface area contributed by atoms with E-state index in [9.17, 15) is 13.2 Å². The van der Waals surface area contributed by atoms with Gasteiger partial charge in [0.05, 0.1) is 10.7 Å². The topological polar surface area (TPSA) is 54.5 Å². The zero-order chi connectivity index (χ0) is 13.5. The van der Waals surface area contributed by atoms with Gasteiger partial charge in [0.2, 0.25) is 15.0 Å². The molecule has 1 aliphatic heterocycles. The zero-order valence-electron chi connectivity index (χ0n) is 8.94. The molecule has 1 aliphatic rings. The Bertz CT molecular complexity index is 605. The van der Waals surface area contributed by atoms with Gasteiger partial charge in [0, 0.05) is 28.1 Å². The minimum Gasteiger partial charge on any atom is -0.309 e. The van der Waals surface area contributed by atoms with E-state index in [1.165, 1.54) is 4.90 Å². The molecule has 1 heterocycles. The van der Waals surface area contributed by atoms with Crippen molar-refractivity contribution >= 4 is 58.9 Å². The average Bonchev–Trinajstić information content (AvgIpc) is 2.64. The SMILES string of the molecule is O=C1CC(S(=O)(=O)Cl)CN1c1cccc(Br)c1Cl. The standard InChI is InChI=1S/C10H8BrCl2NO3S/c11-7-2-1-3-8(10(7)12)14-5-6(4-9(14)15)18(13,16)17/h1-3,6H,4-5H2. The molecule has 0 bridgehead atoms. The molecule has 1 aromatic rings. The van der Waals surface area contributed by atoms with Crippen LogP contribution in [-0.4, -0.2) is 26.1 Å². The summed E-state index contributed by atoms with van der Waals surface area (Å²) in [5, 5.41) is -0.514. The summed E-state index contributed by atoms with van der Waals surface area (Å²) < 4.78 is 23.1. The van der Waals surface area contributed by atoms with Crippen LogP contribution in [0.15, 0.2) is 22.7 Å². The Balaban J connectivity index is 2.36. The number of hydrogen-bond acceptors (Lipinski definition) is 3. The summed E-state index contributed by atoms with van der Waals surface area (Å²) in [6.07, 6.45) is -0.116. The van der Waals surface area contributed by atoms with Gasteiger partial charge in [-0.05, 0) is 28.1 Å². The van der Waals surface area contributed by atoms with Crippen LogP contribution in [0.3, 0.4) is 0 Å². The fourth-order valence-electron chi connectivity index (χ4n) is 1.80. The van der Waals surface area contributed by atoms with Crippen molar-refractivity contribution in [2.45, 2.75) is 11.7 Å². The molecule has 18 heavy (non-hydrogen) atoms. The number of carbonyl (C=O) groups is 1. The molecular weight excluding hydrogens is 365 g/mol. The van der Waals surface area contributed by atoms with Crippen LogP contribution in [0.1, 0.15) is 6.42 Å². The van der Waals surface area contributed by atoms with E-state index in [1.54, 1.807) is 18.2 Å². The van der Waals surface area contributed by atoms with E-state index in [0.717, 1.165) is 0 Å². The molecule has 8 heteroatoms. The highest BCUT2D eigenvalue weighted by molar-refractivity contribution is 9.10. The largest absolute Gasteiger partial charge is 0.309 e. The van der Waals surface area contributed by atoms with Crippen LogP contribution >= 0.6 is 38.2 Å². The Morgan fingerprint density at radius 3 is 2.61 bits per heavy atom. The van der Waals surface area contributed by atoms with Crippen molar-refractivity contribution in [3.8, 4) is 0 Å². The molecule has 1 amide bonds. The van der Waals surface area contributed by atoms with Crippen molar-refractivity contribution in [1.29, 1.82) is 0 Å². The van der Waals surface area contributed by atoms with Gasteiger partial charge in [0.1, 0.15) is 5.25 Å². The van der Waals surface area contributed by atoms with E-state index in [1.807, 2.05) is 0 Å². The number of hydrogen-bond donors (Lipinski definition) is 0. The average molecular weight is 373 g/mol. The molecular formula is C10H8BrCl2NO3S. The van der Waals surface area contributed by atoms with E-state index < -0.39 is 14.3 Å². The van der Waals surface area contributed by atoms with Crippen LogP contribution in [0.5, 0.6) is 0 Å². The maximum absolute atomic E-state index is 11.8. The van der Waals surface area contributed by atoms with Crippen LogP contribution in [0.25, 0.3) is 0 Å². The first kappa shape index (κ1) is 14.1. The summed E-state index contributed by atoms with van der Waals surface area (Å²) in [7, 11) is 1.54. The number of carbonyl (C=O) groups excluding carboxylic acids is 1. The first-order valence-electron chi connectivity index (χ1n) is 4.98. The van der Waals surface area contributed by atoms with Crippen LogP contribution in [0.4, 0.5) is 5.69 Å². The monoisotopic (exact) mass is 371 g/mol. The summed E-state index contributed by atoms with van der Waals surface area (Å²) in [5.74, 6) is -0.302. The maximum Gasteiger partial charge on any atom is 0.237 e. The smallest absolute Gasteiger partial charge is 0.237 e. The number of amides is 1. The van der Waals surface area contributed by atoms with Crippen molar-refractivity contribution in [1.82, 2.24) is 0 Å². The summed E-state index contributed by atoms with van der Waals surface area (Å²) in [6.45, 7) is 0.0286. The summed E-state index contributed by atoms with van der Waals surface area (Å²) in [5.41, 5.74) is 0.485. The van der Waals surface area contributed by atoms with Crippen molar-refractivity contribution < 1.29 is 13.2 Å². The first-order valence-corrected chi connectivity index (χ1v) is 8.53. The lowest BCUT2D eigenvalue weighted by Gasteiger charge is -2.18. The van der Waals surface area contributed by atoms with Gasteiger partial charge in [-0.3, -0.25) is 4.79 Å². The molecule has 0 spiro atoms. The minimum absolute atomic E-state index is 0.0286. The lowest BCUT2D eigenvalue weighted by Crippen LogP contribution is -2.27. The van der Waals surface area contributed by atoms with Crippen molar-refractivity contribution in [3.05, 3.63) is 27.7 Å². The second-order valence-corrected chi connectivity index (χ2v) is 8.02. The van der Waals surface area contributed by atoms with Crippen LogP contribution < -0.4 is 4.90 Å². The van der Waals surface area contributed by atoms with E-state index in [4.69, 9.17) is 22.3 Å². The van der Waals surface area contributed by atoms with Crippen molar-refractivity contribution in [2.75, 3.05) is 11.4 Å². The third-order valence-corrected chi connectivity index (χ3v) is 5.86. The first-order chi connectivity index (χ1) is 8.30. The number of benzene rings is 1. The molecule has 1 atom stereocenters. The third kappa shape index (κ3) is 2.66.